The molecule has 2 aromatic carbocycles. The third-order valence-electron chi connectivity index (χ3n) is 6.29. The van der Waals surface area contributed by atoms with Gasteiger partial charge in [0.25, 0.3) is 0 Å². The Morgan fingerprint density at radius 3 is 2.74 bits per heavy atom. The number of H-pyrrole nitrogens is 1. The van der Waals surface area contributed by atoms with Gasteiger partial charge in [0.2, 0.25) is 0 Å². The molecule has 162 valence electrons. The monoisotopic (exact) mass is 422 g/mol. The van der Waals surface area contributed by atoms with E-state index in [0.717, 1.165) is 34.9 Å². The average molecular weight is 422 g/mol. The Hall–Kier alpha value is -2.94. The molecule has 3 heterocycles. The molecule has 8 heteroatoms. The maximum atomic E-state index is 12.6. The van der Waals surface area contributed by atoms with Crippen LogP contribution in [0.25, 0.3) is 10.9 Å². The van der Waals surface area contributed by atoms with Gasteiger partial charge < -0.3 is 14.6 Å². The second-order valence-electron chi connectivity index (χ2n) is 8.02. The number of aromatic amines is 1. The smallest absolute Gasteiger partial charge is 0.408 e. The van der Waals surface area contributed by atoms with Gasteiger partial charge in [0, 0.05) is 31.7 Å². The number of hydrogen-bond acceptors (Lipinski definition) is 5. The molecule has 1 amide bonds. The summed E-state index contributed by atoms with van der Waals surface area (Å²) in [6.07, 6.45) is 1.81. The minimum Gasteiger partial charge on any atom is -0.465 e. The van der Waals surface area contributed by atoms with E-state index in [0.29, 0.717) is 26.3 Å². The molecule has 2 fully saturated rings. The maximum Gasteiger partial charge on any atom is 0.408 e. The Balaban J connectivity index is 1.70. The summed E-state index contributed by atoms with van der Waals surface area (Å²) in [7, 11) is 0. The van der Waals surface area contributed by atoms with Gasteiger partial charge in [-0.2, -0.15) is 5.10 Å². The van der Waals surface area contributed by atoms with Gasteiger partial charge >= 0.3 is 6.09 Å². The number of amides is 1. The number of benzene rings is 2. The minimum absolute atomic E-state index is 0.000956. The molecule has 2 atom stereocenters. The Morgan fingerprint density at radius 2 is 1.97 bits per heavy atom. The van der Waals surface area contributed by atoms with Crippen molar-refractivity contribution in [2.45, 2.75) is 30.7 Å². The molecule has 0 aliphatic carbocycles. The van der Waals surface area contributed by atoms with E-state index in [2.05, 4.69) is 15.5 Å². The van der Waals surface area contributed by atoms with Gasteiger partial charge in [-0.1, -0.05) is 42.5 Å². The lowest BCUT2D eigenvalue weighted by Crippen LogP contribution is -2.68. The highest BCUT2D eigenvalue weighted by molar-refractivity contribution is 5.79. The summed E-state index contributed by atoms with van der Waals surface area (Å²) in [5.74, 6) is 0. The molecule has 3 N–H and O–H groups in total. The molecule has 0 radical (unpaired) electrons. The number of nitrogens with zero attached hydrogens (tertiary/aromatic N) is 2. The third-order valence-corrected chi connectivity index (χ3v) is 6.29. The van der Waals surface area contributed by atoms with Gasteiger partial charge in [-0.15, -0.1) is 0 Å². The van der Waals surface area contributed by atoms with Crippen molar-refractivity contribution < 1.29 is 19.4 Å². The zero-order chi connectivity index (χ0) is 21.3. The van der Waals surface area contributed by atoms with E-state index in [1.807, 2.05) is 48.5 Å². The second kappa shape index (κ2) is 8.30. The van der Waals surface area contributed by atoms with Gasteiger partial charge in [-0.25, -0.2) is 4.79 Å². The normalized spacial score (nSPS) is 25.0. The molecule has 2 saturated heterocycles. The highest BCUT2D eigenvalue weighted by atomic mass is 16.5. The van der Waals surface area contributed by atoms with Crippen LogP contribution < -0.4 is 5.32 Å². The van der Waals surface area contributed by atoms with Crippen molar-refractivity contribution in [1.29, 1.82) is 0 Å². The Kier molecular flexibility index (Phi) is 5.35. The summed E-state index contributed by atoms with van der Waals surface area (Å²) in [6, 6.07) is 15.7. The van der Waals surface area contributed by atoms with Crippen LogP contribution in [0.5, 0.6) is 0 Å². The van der Waals surface area contributed by atoms with Gasteiger partial charge in [0.1, 0.15) is 11.8 Å². The molecule has 0 bridgehead atoms. The zero-order valence-corrected chi connectivity index (χ0v) is 17.2. The number of ether oxygens (including phenoxy) is 2. The van der Waals surface area contributed by atoms with Crippen LogP contribution in [-0.2, 0) is 15.0 Å². The summed E-state index contributed by atoms with van der Waals surface area (Å²) < 4.78 is 12.1. The number of fused-ring (bicyclic) bond motifs is 1. The van der Waals surface area contributed by atoms with Crippen LogP contribution in [0.4, 0.5) is 4.79 Å². The van der Waals surface area contributed by atoms with Crippen LogP contribution >= 0.6 is 0 Å². The largest absolute Gasteiger partial charge is 0.465 e. The Labute approximate surface area is 180 Å². The van der Waals surface area contributed by atoms with E-state index in [9.17, 15) is 9.90 Å². The number of rotatable bonds is 4. The van der Waals surface area contributed by atoms with Crippen molar-refractivity contribution in [3.05, 3.63) is 65.9 Å². The topological polar surface area (TPSA) is 99.7 Å². The number of aromatic nitrogens is 2. The number of carboxylic acid groups (broad SMARTS) is 1. The summed E-state index contributed by atoms with van der Waals surface area (Å²) in [5.41, 5.74) is 1.50. The highest BCUT2D eigenvalue weighted by Gasteiger charge is 2.53. The summed E-state index contributed by atoms with van der Waals surface area (Å²) in [6.45, 7) is 2.16. The van der Waals surface area contributed by atoms with Gasteiger partial charge in [-0.3, -0.25) is 15.3 Å². The Bertz CT molecular complexity index is 1050. The number of nitrogens with one attached hydrogen (secondary N) is 2. The van der Waals surface area contributed by atoms with E-state index in [1.54, 1.807) is 6.20 Å². The fourth-order valence-corrected chi connectivity index (χ4v) is 4.82. The van der Waals surface area contributed by atoms with Crippen LogP contribution in [0.3, 0.4) is 0 Å². The predicted octanol–water partition coefficient (Wildman–Crippen LogP) is 2.91. The van der Waals surface area contributed by atoms with E-state index in [4.69, 9.17) is 9.47 Å². The molecule has 0 saturated carbocycles. The molecule has 2 aliphatic heterocycles. The molecule has 2 aliphatic rings. The molecule has 0 spiro atoms. The molecule has 5 rings (SSSR count). The fourth-order valence-electron chi connectivity index (χ4n) is 4.82. The molecule has 31 heavy (non-hydrogen) atoms. The molecule has 1 aromatic heterocycles. The maximum absolute atomic E-state index is 12.6. The Morgan fingerprint density at radius 1 is 1.16 bits per heavy atom. The van der Waals surface area contributed by atoms with Crippen molar-refractivity contribution in [3.63, 3.8) is 0 Å². The standard InChI is InChI=1S/C23H26N4O4/c28-22(29)27-11-10-24-21(31-19-8-12-30-13-9-19)23(27,17-4-2-1-3-5-17)18-7-6-16-15-25-26-20(16)14-18/h1-7,14-15,19,21,24H,8-13H2,(H,25,26)(H,28,29). The summed E-state index contributed by atoms with van der Waals surface area (Å²) >= 11 is 0. The number of hydrogen-bond donors (Lipinski definition) is 3. The highest BCUT2D eigenvalue weighted by Crippen LogP contribution is 2.43. The lowest BCUT2D eigenvalue weighted by Gasteiger charge is -2.52. The first kappa shape index (κ1) is 20.0. The molecular weight excluding hydrogens is 396 g/mol. The van der Waals surface area contributed by atoms with E-state index >= 15 is 0 Å². The van der Waals surface area contributed by atoms with E-state index < -0.39 is 17.9 Å². The SMILES string of the molecule is O=C(O)N1CCNC(OC2CCOCC2)C1(c1ccccc1)c1ccc2cn[nH]c2c1. The van der Waals surface area contributed by atoms with Crippen molar-refractivity contribution in [2.75, 3.05) is 26.3 Å². The van der Waals surface area contributed by atoms with Crippen LogP contribution in [-0.4, -0.2) is 64.9 Å². The fraction of sp³-hybridized carbons (Fsp3) is 0.391. The van der Waals surface area contributed by atoms with Crippen molar-refractivity contribution in [3.8, 4) is 0 Å². The third kappa shape index (κ3) is 3.46. The van der Waals surface area contributed by atoms with Gasteiger partial charge in [-0.05, 0) is 30.0 Å². The van der Waals surface area contributed by atoms with Gasteiger partial charge in [0.05, 0.1) is 17.8 Å². The molecule has 8 nitrogen and oxygen atoms in total. The molecular formula is C23H26N4O4. The van der Waals surface area contributed by atoms with Gasteiger partial charge in [0.15, 0.2) is 0 Å². The first-order valence-corrected chi connectivity index (χ1v) is 10.7. The predicted molar refractivity (Wildman–Crippen MR) is 115 cm³/mol. The van der Waals surface area contributed by atoms with Crippen LogP contribution in [0.2, 0.25) is 0 Å². The average Bonchev–Trinajstić information content (AvgIpc) is 3.28. The molecule has 3 aromatic rings. The summed E-state index contributed by atoms with van der Waals surface area (Å²) in [4.78, 5) is 14.1. The van der Waals surface area contributed by atoms with E-state index in [-0.39, 0.29) is 6.10 Å². The quantitative estimate of drug-likeness (QED) is 0.598. The van der Waals surface area contributed by atoms with Crippen LogP contribution in [0, 0.1) is 0 Å². The molecule has 2 unspecified atom stereocenters. The van der Waals surface area contributed by atoms with Crippen molar-refractivity contribution in [2.24, 2.45) is 0 Å². The number of carbonyl (C=O) groups is 1. The second-order valence-corrected chi connectivity index (χ2v) is 8.02. The van der Waals surface area contributed by atoms with Crippen molar-refractivity contribution >= 4 is 17.0 Å². The first-order valence-electron chi connectivity index (χ1n) is 10.7. The lowest BCUT2D eigenvalue weighted by atomic mass is 9.77. The number of piperazine rings is 1. The lowest BCUT2D eigenvalue weighted by molar-refractivity contribution is -0.140. The van der Waals surface area contributed by atoms with Crippen LogP contribution in [0.15, 0.2) is 54.7 Å². The van der Waals surface area contributed by atoms with Crippen LogP contribution in [0.1, 0.15) is 24.0 Å². The van der Waals surface area contributed by atoms with Crippen molar-refractivity contribution in [1.82, 2.24) is 20.4 Å². The minimum atomic E-state index is -1.05. The zero-order valence-electron chi connectivity index (χ0n) is 17.2. The summed E-state index contributed by atoms with van der Waals surface area (Å²) in [5, 5.41) is 21.9. The van der Waals surface area contributed by atoms with E-state index in [1.165, 1.54) is 4.90 Å². The first-order chi connectivity index (χ1) is 15.2.